The molecule has 6 nitrogen and oxygen atoms in total. The first-order chi connectivity index (χ1) is 13.3. The van der Waals surface area contributed by atoms with Gasteiger partial charge in [0.15, 0.2) is 0 Å². The molecule has 0 bridgehead atoms. The molecule has 1 atom stereocenters. The van der Waals surface area contributed by atoms with Crippen molar-refractivity contribution >= 4 is 10.4 Å². The van der Waals surface area contributed by atoms with Crippen LogP contribution in [0.2, 0.25) is 0 Å². The maximum Gasteiger partial charge on any atom is 0.397 e. The quantitative estimate of drug-likeness (QED) is 0.192. The fourth-order valence-electron chi connectivity index (χ4n) is 3.13. The lowest BCUT2D eigenvalue weighted by molar-refractivity contribution is 0.0101. The lowest BCUT2D eigenvalue weighted by Gasteiger charge is -2.10. The Morgan fingerprint density at radius 1 is 0.714 bits per heavy atom. The third kappa shape index (κ3) is 23.8. The van der Waals surface area contributed by atoms with E-state index in [-0.39, 0.29) is 6.61 Å². The van der Waals surface area contributed by atoms with Gasteiger partial charge in [0.2, 0.25) is 0 Å². The molecule has 1 unspecified atom stereocenters. The zero-order valence-electron chi connectivity index (χ0n) is 18.1. The minimum atomic E-state index is -4.50. The summed E-state index contributed by atoms with van der Waals surface area (Å²) in [6.07, 6.45) is 17.2. The molecule has 0 aromatic carbocycles. The Bertz CT molecular complexity index is 425. The molecule has 0 aromatic heterocycles. The molecule has 0 radical (unpaired) electrons. The van der Waals surface area contributed by atoms with E-state index in [2.05, 4.69) is 18.0 Å². The maximum atomic E-state index is 10.4. The van der Waals surface area contributed by atoms with E-state index in [1.807, 2.05) is 0 Å². The van der Waals surface area contributed by atoms with E-state index in [9.17, 15) is 13.5 Å². The zero-order valence-corrected chi connectivity index (χ0v) is 18.9. The SMILES string of the molecule is CC(C)CCCCCCCCCCCCCCCOCC(O)COS(=O)(=O)O. The van der Waals surface area contributed by atoms with Gasteiger partial charge in [-0.1, -0.05) is 97.3 Å². The Balaban J connectivity index is 3.16. The number of ether oxygens (including phenoxy) is 1. The first-order valence-corrected chi connectivity index (χ1v) is 12.6. The van der Waals surface area contributed by atoms with E-state index < -0.39 is 23.1 Å². The maximum absolute atomic E-state index is 10.4. The molecule has 0 aliphatic carbocycles. The smallest absolute Gasteiger partial charge is 0.388 e. The molecule has 0 spiro atoms. The summed E-state index contributed by atoms with van der Waals surface area (Å²) in [5.41, 5.74) is 0. The first-order valence-electron chi connectivity index (χ1n) is 11.2. The predicted molar refractivity (Wildman–Crippen MR) is 114 cm³/mol. The molecule has 0 heterocycles. The van der Waals surface area contributed by atoms with E-state index in [0.717, 1.165) is 18.8 Å². The van der Waals surface area contributed by atoms with E-state index >= 15 is 0 Å². The van der Waals surface area contributed by atoms with Crippen LogP contribution in [0.1, 0.15) is 104 Å². The van der Waals surface area contributed by atoms with Gasteiger partial charge in [0.05, 0.1) is 13.2 Å². The molecule has 0 saturated carbocycles. The van der Waals surface area contributed by atoms with Gasteiger partial charge >= 0.3 is 10.4 Å². The molecule has 170 valence electrons. The van der Waals surface area contributed by atoms with E-state index in [1.54, 1.807) is 0 Å². The topological polar surface area (TPSA) is 93.1 Å². The Hall–Kier alpha value is -0.210. The third-order valence-corrected chi connectivity index (χ3v) is 5.22. The minimum absolute atomic E-state index is 0.00719. The molecular formula is C21H44O6S. The van der Waals surface area contributed by atoms with Crippen LogP contribution in [0.15, 0.2) is 0 Å². The van der Waals surface area contributed by atoms with Crippen LogP contribution in [0, 0.1) is 5.92 Å². The fraction of sp³-hybridized carbons (Fsp3) is 1.00. The second kappa shape index (κ2) is 18.8. The summed E-state index contributed by atoms with van der Waals surface area (Å²) < 4.78 is 38.5. The molecule has 0 amide bonds. The van der Waals surface area contributed by atoms with Gasteiger partial charge in [-0.05, 0) is 12.3 Å². The van der Waals surface area contributed by atoms with Gasteiger partial charge in [-0.2, -0.15) is 8.42 Å². The Labute approximate surface area is 173 Å². The van der Waals surface area contributed by atoms with Crippen LogP contribution < -0.4 is 0 Å². The van der Waals surface area contributed by atoms with Gasteiger partial charge in [0, 0.05) is 6.61 Å². The number of hydrogen-bond acceptors (Lipinski definition) is 5. The standard InChI is InChI=1S/C21H44O6S/c1-20(2)16-14-12-10-8-6-4-3-5-7-9-11-13-15-17-26-18-21(22)19-27-28(23,24)25/h20-22H,3-19H2,1-2H3,(H,23,24,25). The number of hydrogen-bond donors (Lipinski definition) is 2. The molecule has 0 aliphatic heterocycles. The molecule has 2 N–H and O–H groups in total. The summed E-state index contributed by atoms with van der Waals surface area (Å²) in [5, 5.41) is 9.42. The highest BCUT2D eigenvalue weighted by atomic mass is 32.3. The zero-order chi connectivity index (χ0) is 21.1. The lowest BCUT2D eigenvalue weighted by Crippen LogP contribution is -2.23. The fourth-order valence-corrected chi connectivity index (χ4v) is 3.46. The Morgan fingerprint density at radius 3 is 1.57 bits per heavy atom. The van der Waals surface area contributed by atoms with Crippen molar-refractivity contribution in [2.24, 2.45) is 5.92 Å². The van der Waals surface area contributed by atoms with Crippen molar-refractivity contribution in [2.75, 3.05) is 19.8 Å². The van der Waals surface area contributed by atoms with E-state index in [1.165, 1.54) is 77.0 Å². The highest BCUT2D eigenvalue weighted by Crippen LogP contribution is 2.14. The van der Waals surface area contributed by atoms with Crippen molar-refractivity contribution in [3.05, 3.63) is 0 Å². The summed E-state index contributed by atoms with van der Waals surface area (Å²) >= 11 is 0. The normalized spacial score (nSPS) is 13.3. The van der Waals surface area contributed by atoms with Gasteiger partial charge in [0.25, 0.3) is 0 Å². The average Bonchev–Trinajstić information content (AvgIpc) is 2.61. The molecule has 28 heavy (non-hydrogen) atoms. The highest BCUT2D eigenvalue weighted by Gasteiger charge is 2.10. The molecule has 0 saturated heterocycles. The number of aliphatic hydroxyl groups excluding tert-OH is 1. The van der Waals surface area contributed by atoms with Crippen LogP contribution in [-0.2, 0) is 19.3 Å². The highest BCUT2D eigenvalue weighted by molar-refractivity contribution is 7.80. The van der Waals surface area contributed by atoms with Crippen LogP contribution in [0.3, 0.4) is 0 Å². The van der Waals surface area contributed by atoms with Crippen LogP contribution in [0.4, 0.5) is 0 Å². The molecular weight excluding hydrogens is 380 g/mol. The Kier molecular flexibility index (Phi) is 18.7. The molecule has 0 fully saturated rings. The molecule has 0 aliphatic rings. The van der Waals surface area contributed by atoms with Crippen molar-refractivity contribution in [1.29, 1.82) is 0 Å². The van der Waals surface area contributed by atoms with Crippen LogP contribution in [0.25, 0.3) is 0 Å². The number of unbranched alkanes of at least 4 members (excludes halogenated alkanes) is 12. The largest absolute Gasteiger partial charge is 0.397 e. The first kappa shape index (κ1) is 27.8. The van der Waals surface area contributed by atoms with Gasteiger partial charge in [-0.3, -0.25) is 4.55 Å². The molecule has 7 heteroatoms. The summed E-state index contributed by atoms with van der Waals surface area (Å²) in [5.74, 6) is 0.848. The summed E-state index contributed by atoms with van der Waals surface area (Å²) in [7, 11) is -4.50. The summed E-state index contributed by atoms with van der Waals surface area (Å²) in [6.45, 7) is 4.66. The van der Waals surface area contributed by atoms with Crippen molar-refractivity contribution in [3.63, 3.8) is 0 Å². The predicted octanol–water partition coefficient (Wildman–Crippen LogP) is 5.30. The second-order valence-electron chi connectivity index (χ2n) is 8.22. The van der Waals surface area contributed by atoms with Crippen molar-refractivity contribution in [2.45, 2.75) is 110 Å². The average molecular weight is 425 g/mol. The van der Waals surface area contributed by atoms with Crippen molar-refractivity contribution in [3.8, 4) is 0 Å². The van der Waals surface area contributed by atoms with Gasteiger partial charge in [0.1, 0.15) is 6.10 Å². The molecule has 0 aromatic rings. The lowest BCUT2D eigenvalue weighted by atomic mass is 10.0. The van der Waals surface area contributed by atoms with Crippen LogP contribution >= 0.6 is 0 Å². The summed E-state index contributed by atoms with van der Waals surface area (Å²) in [6, 6.07) is 0. The van der Waals surface area contributed by atoms with Crippen molar-refractivity contribution in [1.82, 2.24) is 0 Å². The van der Waals surface area contributed by atoms with Gasteiger partial charge in [-0.15, -0.1) is 0 Å². The van der Waals surface area contributed by atoms with Crippen LogP contribution in [0.5, 0.6) is 0 Å². The van der Waals surface area contributed by atoms with Crippen LogP contribution in [-0.4, -0.2) is 44.0 Å². The monoisotopic (exact) mass is 424 g/mol. The summed E-state index contributed by atoms with van der Waals surface area (Å²) in [4.78, 5) is 0. The third-order valence-electron chi connectivity index (χ3n) is 4.79. The molecule has 0 rings (SSSR count). The van der Waals surface area contributed by atoms with Crippen molar-refractivity contribution < 1.29 is 27.0 Å². The van der Waals surface area contributed by atoms with Gasteiger partial charge in [-0.25, -0.2) is 4.18 Å². The van der Waals surface area contributed by atoms with E-state index in [0.29, 0.717) is 6.61 Å². The second-order valence-corrected chi connectivity index (χ2v) is 9.31. The minimum Gasteiger partial charge on any atom is -0.388 e. The Morgan fingerprint density at radius 2 is 1.14 bits per heavy atom. The van der Waals surface area contributed by atoms with Gasteiger partial charge < -0.3 is 9.84 Å². The number of aliphatic hydroxyl groups is 1. The van der Waals surface area contributed by atoms with E-state index in [4.69, 9.17) is 9.29 Å². The number of rotatable bonds is 21.